The van der Waals surface area contributed by atoms with Gasteiger partial charge in [-0.05, 0) is 21.0 Å². The largest absolute Gasteiger partial charge is 0.369 e. The number of fused-ring (bicyclic) bond motifs is 1. The van der Waals surface area contributed by atoms with Crippen molar-refractivity contribution in [2.24, 2.45) is 0 Å². The second kappa shape index (κ2) is 4.44. The summed E-state index contributed by atoms with van der Waals surface area (Å²) in [4.78, 5) is 10.5. The van der Waals surface area contributed by atoms with Crippen LogP contribution in [0.1, 0.15) is 5.69 Å². The highest BCUT2D eigenvalue weighted by atomic mass is 15.4. The van der Waals surface area contributed by atoms with E-state index in [9.17, 15) is 0 Å². The van der Waals surface area contributed by atoms with E-state index in [0.717, 1.165) is 24.6 Å². The zero-order valence-corrected chi connectivity index (χ0v) is 9.80. The third kappa shape index (κ3) is 2.27. The number of rotatable bonds is 4. The van der Waals surface area contributed by atoms with Crippen molar-refractivity contribution in [1.82, 2.24) is 24.5 Å². The Morgan fingerprint density at radius 3 is 3.00 bits per heavy atom. The van der Waals surface area contributed by atoms with Crippen molar-refractivity contribution < 1.29 is 0 Å². The molecule has 0 amide bonds. The van der Waals surface area contributed by atoms with Crippen molar-refractivity contribution in [2.75, 3.05) is 32.5 Å². The first-order chi connectivity index (χ1) is 7.66. The predicted octanol–water partition coefficient (Wildman–Crippen LogP) is 0.406. The summed E-state index contributed by atoms with van der Waals surface area (Å²) < 4.78 is 1.71. The van der Waals surface area contributed by atoms with Crippen molar-refractivity contribution in [3.63, 3.8) is 0 Å². The Bertz CT molecular complexity index is 475. The van der Waals surface area contributed by atoms with Crippen LogP contribution in [0.15, 0.2) is 12.4 Å². The van der Waals surface area contributed by atoms with Crippen molar-refractivity contribution in [1.29, 1.82) is 0 Å². The van der Waals surface area contributed by atoms with E-state index in [2.05, 4.69) is 25.3 Å². The maximum absolute atomic E-state index is 4.28. The topological polar surface area (TPSA) is 58.4 Å². The molecule has 2 heterocycles. The molecule has 6 heteroatoms. The maximum Gasteiger partial charge on any atom is 0.254 e. The van der Waals surface area contributed by atoms with E-state index in [4.69, 9.17) is 0 Å². The highest BCUT2D eigenvalue weighted by Crippen LogP contribution is 2.09. The van der Waals surface area contributed by atoms with Gasteiger partial charge in [-0.3, -0.25) is 0 Å². The molecule has 0 saturated heterocycles. The monoisotopic (exact) mass is 220 g/mol. The number of hydrogen-bond acceptors (Lipinski definition) is 5. The van der Waals surface area contributed by atoms with Gasteiger partial charge in [-0.15, -0.1) is 0 Å². The molecule has 16 heavy (non-hydrogen) atoms. The van der Waals surface area contributed by atoms with E-state index >= 15 is 0 Å². The molecule has 2 aromatic rings. The fraction of sp³-hybridized carbons (Fsp3) is 0.500. The van der Waals surface area contributed by atoms with Crippen LogP contribution < -0.4 is 5.32 Å². The summed E-state index contributed by atoms with van der Waals surface area (Å²) in [6.07, 6.45) is 1.51. The summed E-state index contributed by atoms with van der Waals surface area (Å²) in [5, 5.41) is 7.45. The van der Waals surface area contributed by atoms with Crippen LogP contribution >= 0.6 is 0 Å². The van der Waals surface area contributed by atoms with Gasteiger partial charge in [0, 0.05) is 24.8 Å². The van der Waals surface area contributed by atoms with Gasteiger partial charge >= 0.3 is 0 Å². The summed E-state index contributed by atoms with van der Waals surface area (Å²) in [7, 11) is 4.09. The molecule has 2 aromatic heterocycles. The van der Waals surface area contributed by atoms with E-state index in [-0.39, 0.29) is 0 Å². The lowest BCUT2D eigenvalue weighted by Gasteiger charge is -2.12. The first kappa shape index (κ1) is 10.8. The molecule has 1 N–H and O–H groups in total. The molecular formula is C10H16N6. The van der Waals surface area contributed by atoms with Gasteiger partial charge in [0.25, 0.3) is 5.78 Å². The minimum Gasteiger partial charge on any atom is -0.369 e. The summed E-state index contributed by atoms with van der Waals surface area (Å²) in [5.41, 5.74) is 0.938. The smallest absolute Gasteiger partial charge is 0.254 e. The van der Waals surface area contributed by atoms with Crippen LogP contribution in [0, 0.1) is 6.92 Å². The van der Waals surface area contributed by atoms with Gasteiger partial charge in [-0.1, -0.05) is 0 Å². The van der Waals surface area contributed by atoms with Gasteiger partial charge in [0.2, 0.25) is 0 Å². The number of aryl methyl sites for hydroxylation is 1. The van der Waals surface area contributed by atoms with Crippen LogP contribution in [0.3, 0.4) is 0 Å². The van der Waals surface area contributed by atoms with Gasteiger partial charge in [0.05, 0.1) is 0 Å². The molecule has 0 atom stereocenters. The normalized spacial score (nSPS) is 11.2. The lowest BCUT2D eigenvalue weighted by molar-refractivity contribution is 0.425. The summed E-state index contributed by atoms with van der Waals surface area (Å²) >= 11 is 0. The molecule has 0 aromatic carbocycles. The number of nitrogens with zero attached hydrogens (tertiary/aromatic N) is 5. The van der Waals surface area contributed by atoms with Gasteiger partial charge < -0.3 is 10.2 Å². The Balaban J connectivity index is 2.19. The van der Waals surface area contributed by atoms with Crippen molar-refractivity contribution in [3.05, 3.63) is 18.1 Å². The van der Waals surface area contributed by atoms with E-state index in [1.807, 2.05) is 27.1 Å². The molecule has 0 spiro atoms. The molecule has 0 aliphatic rings. The number of nitrogens with one attached hydrogen (secondary N) is 1. The van der Waals surface area contributed by atoms with Gasteiger partial charge in [0.1, 0.15) is 12.1 Å². The van der Waals surface area contributed by atoms with Crippen LogP contribution in [0.4, 0.5) is 5.82 Å². The number of hydrogen-bond donors (Lipinski definition) is 1. The highest BCUT2D eigenvalue weighted by molar-refractivity contribution is 5.44. The van der Waals surface area contributed by atoms with E-state index in [0.29, 0.717) is 5.78 Å². The first-order valence-electron chi connectivity index (χ1n) is 5.23. The Morgan fingerprint density at radius 1 is 1.44 bits per heavy atom. The molecule has 0 aliphatic heterocycles. The second-order valence-electron chi connectivity index (χ2n) is 3.98. The van der Waals surface area contributed by atoms with Gasteiger partial charge in [-0.25, -0.2) is 4.98 Å². The Hall–Kier alpha value is -1.69. The van der Waals surface area contributed by atoms with Crippen molar-refractivity contribution in [3.8, 4) is 0 Å². The molecule has 0 aliphatic carbocycles. The minimum absolute atomic E-state index is 0.632. The number of likely N-dealkylation sites (N-methyl/N-ethyl adjacent to an activating group) is 1. The van der Waals surface area contributed by atoms with Crippen LogP contribution in [-0.2, 0) is 0 Å². The average Bonchev–Trinajstić information content (AvgIpc) is 2.64. The molecule has 0 fully saturated rings. The average molecular weight is 220 g/mol. The summed E-state index contributed by atoms with van der Waals surface area (Å²) in [6.45, 7) is 3.79. The standard InChI is InChI=1S/C10H16N6/c1-8-6-9(11-4-5-15(2)3)16-10(14-8)12-7-13-16/h6-7,11H,4-5H2,1-3H3. The SMILES string of the molecule is Cc1cc(NCCN(C)C)n2ncnc2n1. The molecule has 0 unspecified atom stereocenters. The van der Waals surface area contributed by atoms with Crippen LogP contribution in [0.5, 0.6) is 0 Å². The predicted molar refractivity (Wildman–Crippen MR) is 62.6 cm³/mol. The fourth-order valence-corrected chi connectivity index (χ4v) is 1.46. The molecule has 0 bridgehead atoms. The highest BCUT2D eigenvalue weighted by Gasteiger charge is 2.04. The Labute approximate surface area is 94.3 Å². The minimum atomic E-state index is 0.632. The van der Waals surface area contributed by atoms with Crippen LogP contribution in [0.25, 0.3) is 5.78 Å². The molecular weight excluding hydrogens is 204 g/mol. The summed E-state index contributed by atoms with van der Waals surface area (Å²) in [6, 6.07) is 1.97. The lowest BCUT2D eigenvalue weighted by atomic mass is 10.4. The number of aromatic nitrogens is 4. The quantitative estimate of drug-likeness (QED) is 0.808. The lowest BCUT2D eigenvalue weighted by Crippen LogP contribution is -2.21. The Kier molecular flexibility index (Phi) is 3.00. The van der Waals surface area contributed by atoms with Gasteiger partial charge in [0.15, 0.2) is 0 Å². The van der Waals surface area contributed by atoms with Crippen molar-refractivity contribution in [2.45, 2.75) is 6.92 Å². The first-order valence-corrected chi connectivity index (χ1v) is 5.23. The van der Waals surface area contributed by atoms with E-state index < -0.39 is 0 Å². The molecule has 2 rings (SSSR count). The van der Waals surface area contributed by atoms with Gasteiger partial charge in [-0.2, -0.15) is 14.6 Å². The van der Waals surface area contributed by atoms with Crippen molar-refractivity contribution >= 4 is 11.6 Å². The fourth-order valence-electron chi connectivity index (χ4n) is 1.46. The zero-order chi connectivity index (χ0) is 11.5. The molecule has 6 nitrogen and oxygen atoms in total. The van der Waals surface area contributed by atoms with Crippen LogP contribution in [0.2, 0.25) is 0 Å². The maximum atomic E-state index is 4.28. The molecule has 0 radical (unpaired) electrons. The zero-order valence-electron chi connectivity index (χ0n) is 9.80. The second-order valence-corrected chi connectivity index (χ2v) is 3.98. The Morgan fingerprint density at radius 2 is 2.25 bits per heavy atom. The van der Waals surface area contributed by atoms with Crippen LogP contribution in [-0.4, -0.2) is 51.7 Å². The number of anilines is 1. The third-order valence-electron chi connectivity index (χ3n) is 2.25. The molecule has 0 saturated carbocycles. The summed E-state index contributed by atoms with van der Waals surface area (Å²) in [5.74, 6) is 1.56. The molecule has 86 valence electrons. The van der Waals surface area contributed by atoms with E-state index in [1.54, 1.807) is 4.52 Å². The van der Waals surface area contributed by atoms with E-state index in [1.165, 1.54) is 6.33 Å². The third-order valence-corrected chi connectivity index (χ3v) is 2.25.